The van der Waals surface area contributed by atoms with Crippen LogP contribution in [-0.4, -0.2) is 22.2 Å². The lowest BCUT2D eigenvalue weighted by atomic mass is 10.0. The van der Waals surface area contributed by atoms with Crippen LogP contribution in [0, 0.1) is 6.92 Å². The van der Waals surface area contributed by atoms with Gasteiger partial charge in [0.05, 0.1) is 6.42 Å². The average molecular weight is 220 g/mol. The molecule has 0 amide bonds. The Morgan fingerprint density at radius 3 is 2.38 bits per heavy atom. The standard InChI is InChI=1S/C12H12O4/c1-8-4-2-3-5-9(8)6-10(12(15)16)7-11(13)14/h2-6H,7H2,1H3,(H,13,14)(H,15,16)/b10-6+. The number of aryl methyl sites for hydroxylation is 1. The summed E-state index contributed by atoms with van der Waals surface area (Å²) in [4.78, 5) is 21.3. The van der Waals surface area contributed by atoms with Crippen LogP contribution in [0.4, 0.5) is 0 Å². The highest BCUT2D eigenvalue weighted by molar-refractivity contribution is 5.96. The van der Waals surface area contributed by atoms with E-state index in [0.717, 1.165) is 11.1 Å². The van der Waals surface area contributed by atoms with Crippen LogP contribution in [0.5, 0.6) is 0 Å². The molecule has 1 rings (SSSR count). The summed E-state index contributed by atoms with van der Waals surface area (Å²) < 4.78 is 0. The van der Waals surface area contributed by atoms with Gasteiger partial charge in [0, 0.05) is 5.57 Å². The van der Waals surface area contributed by atoms with Crippen molar-refractivity contribution in [1.29, 1.82) is 0 Å². The van der Waals surface area contributed by atoms with Crippen LogP contribution in [0.2, 0.25) is 0 Å². The van der Waals surface area contributed by atoms with E-state index in [2.05, 4.69) is 0 Å². The van der Waals surface area contributed by atoms with E-state index in [9.17, 15) is 9.59 Å². The molecule has 0 aliphatic rings. The molecule has 4 nitrogen and oxygen atoms in total. The number of rotatable bonds is 4. The number of hydrogen-bond donors (Lipinski definition) is 2. The smallest absolute Gasteiger partial charge is 0.332 e. The van der Waals surface area contributed by atoms with Crippen LogP contribution < -0.4 is 0 Å². The van der Waals surface area contributed by atoms with Crippen molar-refractivity contribution in [3.8, 4) is 0 Å². The zero-order valence-electron chi connectivity index (χ0n) is 8.80. The van der Waals surface area contributed by atoms with E-state index in [1.807, 2.05) is 19.1 Å². The molecule has 4 heteroatoms. The third-order valence-electron chi connectivity index (χ3n) is 2.13. The Bertz CT molecular complexity index is 446. The molecule has 0 aliphatic carbocycles. The maximum Gasteiger partial charge on any atom is 0.332 e. The van der Waals surface area contributed by atoms with Crippen molar-refractivity contribution >= 4 is 18.0 Å². The number of aliphatic carboxylic acids is 2. The number of hydrogen-bond acceptors (Lipinski definition) is 2. The summed E-state index contributed by atoms with van der Waals surface area (Å²) in [5.74, 6) is -2.35. The van der Waals surface area contributed by atoms with Gasteiger partial charge in [0.1, 0.15) is 0 Å². The summed E-state index contributed by atoms with van der Waals surface area (Å²) in [7, 11) is 0. The Morgan fingerprint density at radius 2 is 1.88 bits per heavy atom. The van der Waals surface area contributed by atoms with Crippen LogP contribution in [0.15, 0.2) is 29.8 Å². The van der Waals surface area contributed by atoms with Crippen molar-refractivity contribution in [2.24, 2.45) is 0 Å². The molecular formula is C12H12O4. The van der Waals surface area contributed by atoms with Crippen molar-refractivity contribution in [2.75, 3.05) is 0 Å². The molecule has 0 bridgehead atoms. The van der Waals surface area contributed by atoms with Gasteiger partial charge in [0.2, 0.25) is 0 Å². The molecule has 0 spiro atoms. The van der Waals surface area contributed by atoms with Gasteiger partial charge in [-0.3, -0.25) is 4.79 Å². The molecule has 0 radical (unpaired) electrons. The normalized spacial score (nSPS) is 11.2. The third-order valence-corrected chi connectivity index (χ3v) is 2.13. The summed E-state index contributed by atoms with van der Waals surface area (Å²) in [5.41, 5.74) is 1.51. The summed E-state index contributed by atoms with van der Waals surface area (Å²) in [6.45, 7) is 1.84. The molecule has 1 aromatic carbocycles. The maximum absolute atomic E-state index is 10.8. The quantitative estimate of drug-likeness (QED) is 0.760. The fourth-order valence-electron chi connectivity index (χ4n) is 1.29. The molecule has 0 fully saturated rings. The van der Waals surface area contributed by atoms with Gasteiger partial charge in [-0.1, -0.05) is 24.3 Å². The van der Waals surface area contributed by atoms with E-state index in [-0.39, 0.29) is 5.57 Å². The fraction of sp³-hybridized carbons (Fsp3) is 0.167. The van der Waals surface area contributed by atoms with Gasteiger partial charge in [-0.25, -0.2) is 4.79 Å². The first-order valence-corrected chi connectivity index (χ1v) is 4.72. The van der Waals surface area contributed by atoms with Crippen molar-refractivity contribution in [1.82, 2.24) is 0 Å². The Labute approximate surface area is 92.8 Å². The predicted octanol–water partition coefficient (Wildman–Crippen LogP) is 1.94. The van der Waals surface area contributed by atoms with Crippen LogP contribution in [0.3, 0.4) is 0 Å². The second-order valence-electron chi connectivity index (χ2n) is 3.40. The second kappa shape index (κ2) is 5.11. The molecule has 16 heavy (non-hydrogen) atoms. The molecule has 0 saturated carbocycles. The average Bonchev–Trinajstić information content (AvgIpc) is 2.19. The minimum atomic E-state index is -1.20. The number of carboxylic acid groups (broad SMARTS) is 2. The lowest BCUT2D eigenvalue weighted by Gasteiger charge is -2.02. The number of carbonyl (C=O) groups is 2. The van der Waals surface area contributed by atoms with Gasteiger partial charge in [0.15, 0.2) is 0 Å². The minimum absolute atomic E-state index is 0.123. The van der Waals surface area contributed by atoms with Crippen LogP contribution in [-0.2, 0) is 9.59 Å². The molecule has 0 saturated heterocycles. The van der Waals surface area contributed by atoms with Crippen molar-refractivity contribution in [2.45, 2.75) is 13.3 Å². The van der Waals surface area contributed by atoms with Gasteiger partial charge in [-0.15, -0.1) is 0 Å². The highest BCUT2D eigenvalue weighted by Gasteiger charge is 2.12. The Hall–Kier alpha value is -2.10. The van der Waals surface area contributed by atoms with E-state index in [1.54, 1.807) is 12.1 Å². The van der Waals surface area contributed by atoms with Crippen LogP contribution in [0.25, 0.3) is 6.08 Å². The molecule has 0 unspecified atom stereocenters. The minimum Gasteiger partial charge on any atom is -0.481 e. The first kappa shape index (κ1) is 12.0. The summed E-state index contributed by atoms with van der Waals surface area (Å²) >= 11 is 0. The lowest BCUT2D eigenvalue weighted by molar-refractivity contribution is -0.139. The van der Waals surface area contributed by atoms with Gasteiger partial charge >= 0.3 is 11.9 Å². The zero-order chi connectivity index (χ0) is 12.1. The van der Waals surface area contributed by atoms with E-state index in [4.69, 9.17) is 10.2 Å². The highest BCUT2D eigenvalue weighted by atomic mass is 16.4. The zero-order valence-corrected chi connectivity index (χ0v) is 8.80. The van der Waals surface area contributed by atoms with E-state index < -0.39 is 18.4 Å². The van der Waals surface area contributed by atoms with Gasteiger partial charge in [-0.2, -0.15) is 0 Å². The van der Waals surface area contributed by atoms with Crippen molar-refractivity contribution in [3.05, 3.63) is 41.0 Å². The molecule has 0 aromatic heterocycles. The highest BCUT2D eigenvalue weighted by Crippen LogP contribution is 2.14. The summed E-state index contributed by atoms with van der Waals surface area (Å²) in [5, 5.41) is 17.4. The third kappa shape index (κ3) is 3.24. The van der Waals surface area contributed by atoms with Crippen LogP contribution in [0.1, 0.15) is 17.5 Å². The predicted molar refractivity (Wildman–Crippen MR) is 59.0 cm³/mol. The van der Waals surface area contributed by atoms with Gasteiger partial charge in [-0.05, 0) is 24.1 Å². The Kier molecular flexibility index (Phi) is 3.83. The van der Waals surface area contributed by atoms with E-state index in [1.165, 1.54) is 6.08 Å². The fourth-order valence-corrected chi connectivity index (χ4v) is 1.29. The van der Waals surface area contributed by atoms with Crippen LogP contribution >= 0.6 is 0 Å². The summed E-state index contributed by atoms with van der Waals surface area (Å²) in [6.07, 6.45) is 0.912. The van der Waals surface area contributed by atoms with Gasteiger partial charge < -0.3 is 10.2 Å². The Balaban J connectivity index is 3.07. The number of carboxylic acids is 2. The molecule has 0 aliphatic heterocycles. The second-order valence-corrected chi connectivity index (χ2v) is 3.40. The lowest BCUT2D eigenvalue weighted by Crippen LogP contribution is -2.06. The number of benzene rings is 1. The van der Waals surface area contributed by atoms with E-state index >= 15 is 0 Å². The topological polar surface area (TPSA) is 74.6 Å². The van der Waals surface area contributed by atoms with Crippen molar-refractivity contribution in [3.63, 3.8) is 0 Å². The van der Waals surface area contributed by atoms with Crippen molar-refractivity contribution < 1.29 is 19.8 Å². The van der Waals surface area contributed by atoms with Gasteiger partial charge in [0.25, 0.3) is 0 Å². The SMILES string of the molecule is Cc1ccccc1/C=C(\CC(=O)O)C(=O)O. The largest absolute Gasteiger partial charge is 0.481 e. The van der Waals surface area contributed by atoms with E-state index in [0.29, 0.717) is 0 Å². The molecule has 84 valence electrons. The molecule has 0 heterocycles. The maximum atomic E-state index is 10.8. The summed E-state index contributed by atoms with van der Waals surface area (Å²) in [6, 6.07) is 7.20. The molecule has 2 N–H and O–H groups in total. The first-order valence-electron chi connectivity index (χ1n) is 4.72. The monoisotopic (exact) mass is 220 g/mol. The Morgan fingerprint density at radius 1 is 1.25 bits per heavy atom. The molecular weight excluding hydrogens is 208 g/mol. The molecule has 0 atom stereocenters. The molecule has 1 aromatic rings. The first-order chi connectivity index (χ1) is 7.50.